The lowest BCUT2D eigenvalue weighted by atomic mass is 9.90. The highest BCUT2D eigenvalue weighted by Crippen LogP contribution is 2.27. The third-order valence-electron chi connectivity index (χ3n) is 2.53. The van der Waals surface area contributed by atoms with Gasteiger partial charge in [0.15, 0.2) is 6.29 Å². The lowest BCUT2D eigenvalue weighted by Crippen LogP contribution is -2.25. The summed E-state index contributed by atoms with van der Waals surface area (Å²) in [6, 6.07) is 0. The molecule has 2 nitrogen and oxygen atoms in total. The molecule has 0 aliphatic heterocycles. The van der Waals surface area contributed by atoms with Gasteiger partial charge >= 0.3 is 0 Å². The van der Waals surface area contributed by atoms with Gasteiger partial charge in [0, 0.05) is 20.1 Å². The van der Waals surface area contributed by atoms with Crippen LogP contribution in [0, 0.1) is 5.92 Å². The van der Waals surface area contributed by atoms with Crippen molar-refractivity contribution in [1.82, 2.24) is 0 Å². The second-order valence-electron chi connectivity index (χ2n) is 3.42. The Labute approximate surface area is 74.6 Å². The van der Waals surface area contributed by atoms with Crippen molar-refractivity contribution in [3.05, 3.63) is 11.6 Å². The molecule has 12 heavy (non-hydrogen) atoms. The van der Waals surface area contributed by atoms with Gasteiger partial charge in [-0.1, -0.05) is 11.6 Å². The van der Waals surface area contributed by atoms with Crippen molar-refractivity contribution < 1.29 is 9.47 Å². The normalized spacial score (nSPS) is 24.3. The lowest BCUT2D eigenvalue weighted by molar-refractivity contribution is -0.138. The van der Waals surface area contributed by atoms with Gasteiger partial charge in [-0.05, 0) is 26.2 Å². The number of allylic oxidation sites excluding steroid dienone is 2. The van der Waals surface area contributed by atoms with Gasteiger partial charge in [0.25, 0.3) is 0 Å². The minimum absolute atomic E-state index is 0.0191. The van der Waals surface area contributed by atoms with E-state index in [0.717, 1.165) is 6.42 Å². The van der Waals surface area contributed by atoms with Crippen LogP contribution in [0.2, 0.25) is 0 Å². The molecule has 0 saturated heterocycles. The molecule has 0 amide bonds. The summed E-state index contributed by atoms with van der Waals surface area (Å²) in [4.78, 5) is 0. The van der Waals surface area contributed by atoms with Crippen molar-refractivity contribution in [3.63, 3.8) is 0 Å². The SMILES string of the molecule is COC(OC)C1CC=C(C)CC1. The topological polar surface area (TPSA) is 18.5 Å². The van der Waals surface area contributed by atoms with Crippen LogP contribution in [-0.4, -0.2) is 20.5 Å². The first-order valence-electron chi connectivity index (χ1n) is 4.49. The molecule has 1 atom stereocenters. The molecule has 0 heterocycles. The molecule has 0 aromatic heterocycles. The van der Waals surface area contributed by atoms with Crippen LogP contribution >= 0.6 is 0 Å². The zero-order chi connectivity index (χ0) is 8.97. The minimum atomic E-state index is -0.0191. The molecule has 0 radical (unpaired) electrons. The molecular formula is C10H18O2. The quantitative estimate of drug-likeness (QED) is 0.478. The summed E-state index contributed by atoms with van der Waals surface area (Å²) < 4.78 is 10.4. The standard InChI is InChI=1S/C10H18O2/c1-8-4-6-9(7-5-8)10(11-2)12-3/h4,9-10H,5-7H2,1-3H3. The van der Waals surface area contributed by atoms with Gasteiger partial charge in [-0.2, -0.15) is 0 Å². The maximum Gasteiger partial charge on any atom is 0.159 e. The molecule has 1 rings (SSSR count). The third kappa shape index (κ3) is 2.32. The van der Waals surface area contributed by atoms with E-state index in [2.05, 4.69) is 13.0 Å². The summed E-state index contributed by atoms with van der Waals surface area (Å²) in [5.74, 6) is 0.545. The summed E-state index contributed by atoms with van der Waals surface area (Å²) >= 11 is 0. The van der Waals surface area contributed by atoms with Gasteiger partial charge in [-0.3, -0.25) is 0 Å². The van der Waals surface area contributed by atoms with Crippen molar-refractivity contribution in [2.45, 2.75) is 32.5 Å². The van der Waals surface area contributed by atoms with Gasteiger partial charge < -0.3 is 9.47 Å². The maximum absolute atomic E-state index is 5.22. The second-order valence-corrected chi connectivity index (χ2v) is 3.42. The fraction of sp³-hybridized carbons (Fsp3) is 0.800. The molecule has 1 aliphatic rings. The second kappa shape index (κ2) is 4.63. The van der Waals surface area contributed by atoms with E-state index in [1.165, 1.54) is 18.4 Å². The van der Waals surface area contributed by atoms with Crippen molar-refractivity contribution in [1.29, 1.82) is 0 Å². The first-order chi connectivity index (χ1) is 5.77. The molecule has 1 unspecified atom stereocenters. The number of ether oxygens (including phenoxy) is 2. The Morgan fingerprint density at radius 3 is 2.50 bits per heavy atom. The lowest BCUT2D eigenvalue weighted by Gasteiger charge is -2.26. The van der Waals surface area contributed by atoms with E-state index in [-0.39, 0.29) is 6.29 Å². The number of hydrogen-bond donors (Lipinski definition) is 0. The van der Waals surface area contributed by atoms with Gasteiger partial charge in [0.05, 0.1) is 0 Å². The average molecular weight is 170 g/mol. The number of methoxy groups -OCH3 is 2. The summed E-state index contributed by atoms with van der Waals surface area (Å²) in [6.07, 6.45) is 5.74. The molecule has 0 aromatic carbocycles. The summed E-state index contributed by atoms with van der Waals surface area (Å²) in [6.45, 7) is 2.19. The molecule has 70 valence electrons. The molecule has 2 heteroatoms. The van der Waals surface area contributed by atoms with Crippen LogP contribution in [0.5, 0.6) is 0 Å². The molecule has 1 aliphatic carbocycles. The first-order valence-corrected chi connectivity index (χ1v) is 4.49. The monoisotopic (exact) mass is 170 g/mol. The number of rotatable bonds is 3. The van der Waals surface area contributed by atoms with Crippen molar-refractivity contribution in [2.75, 3.05) is 14.2 Å². The van der Waals surface area contributed by atoms with Crippen LogP contribution in [0.4, 0.5) is 0 Å². The Kier molecular flexibility index (Phi) is 3.76. The van der Waals surface area contributed by atoms with Gasteiger partial charge in [0.2, 0.25) is 0 Å². The van der Waals surface area contributed by atoms with Crippen molar-refractivity contribution in [2.24, 2.45) is 5.92 Å². The van der Waals surface area contributed by atoms with Crippen molar-refractivity contribution in [3.8, 4) is 0 Å². The van der Waals surface area contributed by atoms with E-state index in [0.29, 0.717) is 5.92 Å². The molecule has 0 bridgehead atoms. The average Bonchev–Trinajstić information content (AvgIpc) is 2.10. The number of hydrogen-bond acceptors (Lipinski definition) is 2. The maximum atomic E-state index is 5.22. The minimum Gasteiger partial charge on any atom is -0.356 e. The van der Waals surface area contributed by atoms with Gasteiger partial charge in [0.1, 0.15) is 0 Å². The largest absolute Gasteiger partial charge is 0.356 e. The van der Waals surface area contributed by atoms with E-state index in [9.17, 15) is 0 Å². The first kappa shape index (κ1) is 9.75. The highest BCUT2D eigenvalue weighted by atomic mass is 16.7. The fourth-order valence-corrected chi connectivity index (χ4v) is 1.71. The van der Waals surface area contributed by atoms with Crippen LogP contribution < -0.4 is 0 Å². The van der Waals surface area contributed by atoms with E-state index in [1.807, 2.05) is 0 Å². The predicted molar refractivity (Wildman–Crippen MR) is 48.9 cm³/mol. The van der Waals surface area contributed by atoms with Crippen molar-refractivity contribution >= 4 is 0 Å². The van der Waals surface area contributed by atoms with E-state index in [4.69, 9.17) is 9.47 Å². The van der Waals surface area contributed by atoms with E-state index < -0.39 is 0 Å². The smallest absolute Gasteiger partial charge is 0.159 e. The Bertz CT molecular complexity index is 159. The van der Waals surface area contributed by atoms with Crippen LogP contribution in [-0.2, 0) is 9.47 Å². The summed E-state index contributed by atoms with van der Waals surface area (Å²) in [5, 5.41) is 0. The van der Waals surface area contributed by atoms with Crippen LogP contribution in [0.1, 0.15) is 26.2 Å². The molecule has 0 aromatic rings. The zero-order valence-electron chi connectivity index (χ0n) is 8.17. The van der Waals surface area contributed by atoms with E-state index >= 15 is 0 Å². The molecule has 0 spiro atoms. The Balaban J connectivity index is 2.43. The van der Waals surface area contributed by atoms with Crippen LogP contribution in [0.25, 0.3) is 0 Å². The van der Waals surface area contributed by atoms with Gasteiger partial charge in [-0.15, -0.1) is 0 Å². The fourth-order valence-electron chi connectivity index (χ4n) is 1.71. The predicted octanol–water partition coefficient (Wildman–Crippen LogP) is 2.35. The highest BCUT2D eigenvalue weighted by molar-refractivity contribution is 5.03. The summed E-state index contributed by atoms with van der Waals surface area (Å²) in [7, 11) is 3.42. The highest BCUT2D eigenvalue weighted by Gasteiger charge is 2.21. The van der Waals surface area contributed by atoms with Gasteiger partial charge in [-0.25, -0.2) is 0 Å². The Morgan fingerprint density at radius 2 is 2.08 bits per heavy atom. The molecule has 0 saturated carbocycles. The molecular weight excluding hydrogens is 152 g/mol. The third-order valence-corrected chi connectivity index (χ3v) is 2.53. The van der Waals surface area contributed by atoms with E-state index in [1.54, 1.807) is 14.2 Å². The Morgan fingerprint density at radius 1 is 1.42 bits per heavy atom. The molecule has 0 fully saturated rings. The van der Waals surface area contributed by atoms with Crippen LogP contribution in [0.15, 0.2) is 11.6 Å². The zero-order valence-corrected chi connectivity index (χ0v) is 8.17. The van der Waals surface area contributed by atoms with Crippen LogP contribution in [0.3, 0.4) is 0 Å². The Hall–Kier alpha value is -0.340. The summed E-state index contributed by atoms with van der Waals surface area (Å²) in [5.41, 5.74) is 1.50. The molecule has 0 N–H and O–H groups in total.